The van der Waals surface area contributed by atoms with Crippen LogP contribution < -0.4 is 0 Å². The Kier molecular flexibility index (Phi) is 8.88. The maximum atomic E-state index is 2.47. The van der Waals surface area contributed by atoms with Gasteiger partial charge in [0.25, 0.3) is 0 Å². The quantitative estimate of drug-likeness (QED) is 0.481. The van der Waals surface area contributed by atoms with Crippen LogP contribution in [0, 0.1) is 0 Å². The van der Waals surface area contributed by atoms with Gasteiger partial charge in [0.15, 0.2) is 0 Å². The molecule has 1 heterocycles. The van der Waals surface area contributed by atoms with Gasteiger partial charge >= 0.3 is 0 Å². The third kappa shape index (κ3) is 9.42. The highest BCUT2D eigenvalue weighted by Gasteiger charge is 2.23. The molecule has 1 aliphatic heterocycles. The standard InChI is InChI=1S/C16H36N2.H2O/c1-17(2,3)13-9-6-5-7-10-14-18(4)15-11-8-12-16-18;/h5-16H2,1-4H3;1H2/q+2;. The molecule has 1 saturated heterocycles. The normalized spacial score (nSPS) is 18.9. The van der Waals surface area contributed by atoms with Crippen LogP contribution in [0.25, 0.3) is 0 Å². The summed E-state index contributed by atoms with van der Waals surface area (Å²) in [5.41, 5.74) is 0. The summed E-state index contributed by atoms with van der Waals surface area (Å²) < 4.78 is 2.48. The molecule has 19 heavy (non-hydrogen) atoms. The zero-order valence-electron chi connectivity index (χ0n) is 13.9. The van der Waals surface area contributed by atoms with Crippen LogP contribution in [0.4, 0.5) is 0 Å². The Balaban J connectivity index is 0.00000324. The second-order valence-corrected chi connectivity index (χ2v) is 7.63. The third-order valence-corrected chi connectivity index (χ3v) is 4.42. The highest BCUT2D eigenvalue weighted by atomic mass is 16.0. The lowest BCUT2D eigenvalue weighted by atomic mass is 10.1. The van der Waals surface area contributed by atoms with Gasteiger partial charge in [0.05, 0.1) is 54.4 Å². The van der Waals surface area contributed by atoms with Gasteiger partial charge in [0, 0.05) is 0 Å². The van der Waals surface area contributed by atoms with Crippen molar-refractivity contribution in [3.8, 4) is 0 Å². The lowest BCUT2D eigenvalue weighted by Crippen LogP contribution is -2.48. The van der Waals surface area contributed by atoms with Gasteiger partial charge in [-0.1, -0.05) is 6.42 Å². The first-order valence-corrected chi connectivity index (χ1v) is 8.05. The summed E-state index contributed by atoms with van der Waals surface area (Å²) in [7, 11) is 9.35. The molecular weight excluding hydrogens is 236 g/mol. The number of rotatable bonds is 8. The van der Waals surface area contributed by atoms with E-state index in [1.165, 1.54) is 82.0 Å². The molecule has 116 valence electrons. The van der Waals surface area contributed by atoms with Gasteiger partial charge in [-0.15, -0.1) is 0 Å². The fourth-order valence-corrected chi connectivity index (χ4v) is 3.11. The van der Waals surface area contributed by atoms with E-state index >= 15 is 0 Å². The first-order chi connectivity index (χ1) is 8.41. The van der Waals surface area contributed by atoms with E-state index in [1.807, 2.05) is 0 Å². The summed E-state index contributed by atoms with van der Waals surface area (Å²) in [5.74, 6) is 0. The molecule has 1 aliphatic rings. The highest BCUT2D eigenvalue weighted by molar-refractivity contribution is 4.52. The first-order valence-electron chi connectivity index (χ1n) is 8.05. The van der Waals surface area contributed by atoms with Crippen molar-refractivity contribution in [2.75, 3.05) is 54.4 Å². The Hall–Kier alpha value is -0.120. The largest absolute Gasteiger partial charge is 0.412 e. The average molecular weight is 274 g/mol. The lowest BCUT2D eigenvalue weighted by molar-refractivity contribution is -0.914. The topological polar surface area (TPSA) is 31.5 Å². The third-order valence-electron chi connectivity index (χ3n) is 4.42. The van der Waals surface area contributed by atoms with Gasteiger partial charge in [0.2, 0.25) is 0 Å². The molecule has 1 fully saturated rings. The number of nitrogens with zero attached hydrogens (tertiary/aromatic N) is 2. The molecule has 0 radical (unpaired) electrons. The van der Waals surface area contributed by atoms with E-state index in [9.17, 15) is 0 Å². The fraction of sp³-hybridized carbons (Fsp3) is 1.00. The number of quaternary nitrogens is 2. The summed E-state index contributed by atoms with van der Waals surface area (Å²) in [6.45, 7) is 5.62. The molecule has 0 saturated carbocycles. The molecule has 3 heteroatoms. The SMILES string of the molecule is C[N+](C)(C)CCCCCCC[N+]1(C)CCCCC1.O. The Labute approximate surface area is 121 Å². The van der Waals surface area contributed by atoms with E-state index in [0.717, 1.165) is 4.48 Å². The van der Waals surface area contributed by atoms with Crippen molar-refractivity contribution in [1.29, 1.82) is 0 Å². The van der Waals surface area contributed by atoms with E-state index in [2.05, 4.69) is 28.2 Å². The van der Waals surface area contributed by atoms with E-state index in [-0.39, 0.29) is 5.48 Å². The minimum absolute atomic E-state index is 0. The number of unbranched alkanes of at least 4 members (excludes halogenated alkanes) is 4. The number of hydrogen-bond acceptors (Lipinski definition) is 0. The zero-order valence-corrected chi connectivity index (χ0v) is 13.9. The van der Waals surface area contributed by atoms with Crippen LogP contribution in [0.5, 0.6) is 0 Å². The Morgan fingerprint density at radius 2 is 1.32 bits per heavy atom. The Morgan fingerprint density at radius 3 is 1.89 bits per heavy atom. The van der Waals surface area contributed by atoms with Crippen LogP contribution in [0.2, 0.25) is 0 Å². The second kappa shape index (κ2) is 8.93. The van der Waals surface area contributed by atoms with Gasteiger partial charge in [-0.25, -0.2) is 0 Å². The fourth-order valence-electron chi connectivity index (χ4n) is 3.11. The molecule has 0 spiro atoms. The molecule has 0 atom stereocenters. The van der Waals surface area contributed by atoms with Crippen LogP contribution in [-0.4, -0.2) is 68.8 Å². The molecule has 0 aliphatic carbocycles. The summed E-state index contributed by atoms with van der Waals surface area (Å²) in [6, 6.07) is 0. The minimum atomic E-state index is 0. The van der Waals surface area contributed by atoms with Crippen molar-refractivity contribution < 1.29 is 14.4 Å². The van der Waals surface area contributed by atoms with Gasteiger partial charge in [-0.2, -0.15) is 0 Å². The summed E-state index contributed by atoms with van der Waals surface area (Å²) in [5, 5.41) is 0. The predicted molar refractivity (Wildman–Crippen MR) is 84.2 cm³/mol. The molecule has 1 rings (SSSR count). The van der Waals surface area contributed by atoms with Crippen LogP contribution in [0.3, 0.4) is 0 Å². The number of likely N-dealkylation sites (tertiary alicyclic amines) is 1. The lowest BCUT2D eigenvalue weighted by Gasteiger charge is -2.37. The van der Waals surface area contributed by atoms with E-state index in [1.54, 1.807) is 0 Å². The number of hydrogen-bond donors (Lipinski definition) is 0. The maximum absolute atomic E-state index is 2.47. The molecule has 0 aromatic rings. The average Bonchev–Trinajstić information content (AvgIpc) is 2.27. The van der Waals surface area contributed by atoms with Crippen molar-refractivity contribution in [3.63, 3.8) is 0 Å². The molecule has 0 aromatic heterocycles. The van der Waals surface area contributed by atoms with Gasteiger partial charge in [-0.05, 0) is 44.9 Å². The predicted octanol–water partition coefficient (Wildman–Crippen LogP) is 2.45. The number of piperidine rings is 1. The zero-order chi connectivity index (χ0) is 13.5. The maximum Gasteiger partial charge on any atom is 0.0784 e. The summed E-state index contributed by atoms with van der Waals surface area (Å²) >= 11 is 0. The van der Waals surface area contributed by atoms with Crippen molar-refractivity contribution in [2.24, 2.45) is 0 Å². The highest BCUT2D eigenvalue weighted by Crippen LogP contribution is 2.17. The van der Waals surface area contributed by atoms with E-state index in [4.69, 9.17) is 0 Å². The van der Waals surface area contributed by atoms with E-state index in [0.29, 0.717) is 0 Å². The van der Waals surface area contributed by atoms with Gasteiger partial charge in [0.1, 0.15) is 0 Å². The van der Waals surface area contributed by atoms with Gasteiger partial charge < -0.3 is 14.4 Å². The van der Waals surface area contributed by atoms with Crippen molar-refractivity contribution in [1.82, 2.24) is 0 Å². The molecule has 0 aromatic carbocycles. The molecular formula is C16H38N2O+2. The molecule has 0 amide bonds. The smallest absolute Gasteiger partial charge is 0.0784 e. The van der Waals surface area contributed by atoms with Crippen molar-refractivity contribution in [2.45, 2.75) is 51.4 Å². The molecule has 0 unspecified atom stereocenters. The van der Waals surface area contributed by atoms with Gasteiger partial charge in [-0.3, -0.25) is 0 Å². The van der Waals surface area contributed by atoms with Crippen molar-refractivity contribution in [3.05, 3.63) is 0 Å². The summed E-state index contributed by atoms with van der Waals surface area (Å²) in [4.78, 5) is 0. The first kappa shape index (κ1) is 18.9. The second-order valence-electron chi connectivity index (χ2n) is 7.63. The molecule has 0 bridgehead atoms. The monoisotopic (exact) mass is 274 g/mol. The Morgan fingerprint density at radius 1 is 0.789 bits per heavy atom. The van der Waals surface area contributed by atoms with Crippen molar-refractivity contribution >= 4 is 0 Å². The van der Waals surface area contributed by atoms with Crippen LogP contribution >= 0.6 is 0 Å². The molecule has 2 N–H and O–H groups in total. The van der Waals surface area contributed by atoms with Crippen LogP contribution in [0.1, 0.15) is 51.4 Å². The van der Waals surface area contributed by atoms with E-state index < -0.39 is 0 Å². The van der Waals surface area contributed by atoms with Crippen LogP contribution in [-0.2, 0) is 0 Å². The summed E-state index contributed by atoms with van der Waals surface area (Å²) in [6.07, 6.45) is 11.6. The molecule has 3 nitrogen and oxygen atoms in total. The van der Waals surface area contributed by atoms with Crippen LogP contribution in [0.15, 0.2) is 0 Å². The Bertz CT molecular complexity index is 217. The minimum Gasteiger partial charge on any atom is -0.412 e.